The van der Waals surface area contributed by atoms with E-state index in [0.717, 1.165) is 19.3 Å². The molecular formula is C32H40O6. The molecular weight excluding hydrogens is 480 g/mol. The van der Waals surface area contributed by atoms with E-state index in [1.165, 1.54) is 38.5 Å². The summed E-state index contributed by atoms with van der Waals surface area (Å²) < 4.78 is 22.9. The van der Waals surface area contributed by atoms with Crippen LogP contribution in [0.15, 0.2) is 69.9 Å². The normalized spacial score (nSPS) is 11.2. The molecule has 0 unspecified atom stereocenters. The Morgan fingerprint density at radius 1 is 0.816 bits per heavy atom. The van der Waals surface area contributed by atoms with E-state index >= 15 is 0 Å². The quantitative estimate of drug-likeness (QED) is 0.0772. The van der Waals surface area contributed by atoms with Gasteiger partial charge in [-0.1, -0.05) is 89.1 Å². The van der Waals surface area contributed by atoms with Crippen molar-refractivity contribution >= 4 is 16.9 Å². The van der Waals surface area contributed by atoms with Gasteiger partial charge in [0.2, 0.25) is 0 Å². The van der Waals surface area contributed by atoms with E-state index < -0.39 is 11.6 Å². The van der Waals surface area contributed by atoms with Crippen LogP contribution in [0.5, 0.6) is 17.2 Å². The monoisotopic (exact) mass is 520 g/mol. The molecule has 3 rings (SSSR count). The minimum atomic E-state index is -0.777. The lowest BCUT2D eigenvalue weighted by Crippen LogP contribution is -2.16. The molecule has 3 aromatic rings. The largest absolute Gasteiger partial charge is 0.493 e. The minimum absolute atomic E-state index is 0.194. The Morgan fingerprint density at radius 2 is 1.55 bits per heavy atom. The van der Waals surface area contributed by atoms with E-state index in [-0.39, 0.29) is 11.5 Å². The first-order valence-electron chi connectivity index (χ1n) is 13.9. The molecule has 38 heavy (non-hydrogen) atoms. The first-order chi connectivity index (χ1) is 18.6. The van der Waals surface area contributed by atoms with Crippen LogP contribution in [-0.2, 0) is 0 Å². The first kappa shape index (κ1) is 29.0. The highest BCUT2D eigenvalue weighted by Gasteiger charge is 2.22. The fraction of sp³-hybridized carbons (Fsp3) is 0.438. The molecule has 0 N–H and O–H groups in total. The second kappa shape index (κ2) is 16.3. The van der Waals surface area contributed by atoms with Crippen LogP contribution in [0.3, 0.4) is 0 Å². The van der Waals surface area contributed by atoms with E-state index in [4.69, 9.17) is 18.6 Å². The zero-order valence-corrected chi connectivity index (χ0v) is 22.7. The summed E-state index contributed by atoms with van der Waals surface area (Å²) in [6.45, 7) is 5.21. The summed E-state index contributed by atoms with van der Waals surface area (Å²) in [5.74, 6) is -0.0915. The second-order valence-corrected chi connectivity index (χ2v) is 9.30. The van der Waals surface area contributed by atoms with Gasteiger partial charge in [0.15, 0.2) is 5.75 Å². The zero-order chi connectivity index (χ0) is 27.0. The number of ether oxygens (including phenoxy) is 3. The number of hydrogen-bond acceptors (Lipinski definition) is 6. The molecule has 6 heteroatoms. The van der Waals surface area contributed by atoms with Gasteiger partial charge in [0.25, 0.3) is 5.75 Å². The van der Waals surface area contributed by atoms with Crippen LogP contribution in [0.1, 0.15) is 88.4 Å². The predicted octanol–water partition coefficient (Wildman–Crippen LogP) is 8.27. The van der Waals surface area contributed by atoms with Crippen LogP contribution in [0.25, 0.3) is 11.0 Å². The molecule has 2 aromatic carbocycles. The van der Waals surface area contributed by atoms with Gasteiger partial charge in [-0.3, -0.25) is 0 Å². The fourth-order valence-corrected chi connectivity index (χ4v) is 4.12. The third kappa shape index (κ3) is 9.09. The molecule has 0 bridgehead atoms. The third-order valence-electron chi connectivity index (χ3n) is 6.20. The van der Waals surface area contributed by atoms with Crippen molar-refractivity contribution in [2.75, 3.05) is 13.2 Å². The third-order valence-corrected chi connectivity index (χ3v) is 6.20. The predicted molar refractivity (Wildman–Crippen MR) is 152 cm³/mol. The molecule has 0 atom stereocenters. The molecule has 204 valence electrons. The maximum Gasteiger partial charge on any atom is 0.383 e. The summed E-state index contributed by atoms with van der Waals surface area (Å²) in [6.07, 6.45) is 15.5. The molecule has 0 aliphatic carbocycles. The van der Waals surface area contributed by atoms with Crippen LogP contribution < -0.4 is 19.8 Å². The molecule has 1 aromatic heterocycles. The number of benzene rings is 2. The summed E-state index contributed by atoms with van der Waals surface area (Å²) in [7, 11) is 0. The molecule has 0 radical (unpaired) electrons. The van der Waals surface area contributed by atoms with E-state index in [1.54, 1.807) is 42.5 Å². The Labute approximate surface area is 225 Å². The molecule has 0 aliphatic heterocycles. The molecule has 0 aliphatic rings. The summed E-state index contributed by atoms with van der Waals surface area (Å²) in [6, 6.07) is 13.8. The number of hydrogen-bond donors (Lipinski definition) is 0. The fourth-order valence-electron chi connectivity index (χ4n) is 4.12. The Bertz CT molecular complexity index is 1210. The summed E-state index contributed by atoms with van der Waals surface area (Å²) in [4.78, 5) is 25.6. The van der Waals surface area contributed by atoms with Gasteiger partial charge in [0.05, 0.1) is 24.2 Å². The number of fused-ring (bicyclic) bond motifs is 1. The van der Waals surface area contributed by atoms with Crippen LogP contribution in [0.2, 0.25) is 0 Å². The van der Waals surface area contributed by atoms with Gasteiger partial charge in [-0.15, -0.1) is 0 Å². The number of unbranched alkanes of at least 4 members (excludes halogenated alkanes) is 7. The van der Waals surface area contributed by atoms with Gasteiger partial charge in [-0.25, -0.2) is 9.59 Å². The lowest BCUT2D eigenvalue weighted by molar-refractivity contribution is 0.0721. The van der Waals surface area contributed by atoms with Crippen LogP contribution in [0, 0.1) is 0 Å². The van der Waals surface area contributed by atoms with Crippen LogP contribution in [0.4, 0.5) is 0 Å². The number of carbonyl (C=O) groups excluding carboxylic acids is 1. The molecule has 0 spiro atoms. The van der Waals surface area contributed by atoms with Gasteiger partial charge in [0, 0.05) is 6.07 Å². The maximum absolute atomic E-state index is 12.9. The molecule has 0 fully saturated rings. The summed E-state index contributed by atoms with van der Waals surface area (Å²) >= 11 is 0. The Kier molecular flexibility index (Phi) is 12.5. The lowest BCUT2D eigenvalue weighted by atomic mass is 10.1. The SMILES string of the molecule is CC/C=C/CCOc1c(OC(=O)c2ccccc2)c(=O)oc2cc(OCCCCCCCCCC)ccc12. The van der Waals surface area contributed by atoms with Crippen molar-refractivity contribution in [3.63, 3.8) is 0 Å². The maximum atomic E-state index is 12.9. The van der Waals surface area contributed by atoms with Gasteiger partial charge < -0.3 is 18.6 Å². The Hall–Kier alpha value is -3.54. The lowest BCUT2D eigenvalue weighted by Gasteiger charge is -2.13. The van der Waals surface area contributed by atoms with Crippen LogP contribution in [-0.4, -0.2) is 19.2 Å². The highest BCUT2D eigenvalue weighted by molar-refractivity contribution is 5.93. The van der Waals surface area contributed by atoms with Crippen molar-refractivity contribution in [2.24, 2.45) is 0 Å². The summed E-state index contributed by atoms with van der Waals surface area (Å²) in [5.41, 5.74) is -0.128. The van der Waals surface area contributed by atoms with E-state index in [2.05, 4.69) is 13.8 Å². The van der Waals surface area contributed by atoms with Gasteiger partial charge in [-0.2, -0.15) is 0 Å². The molecule has 0 saturated carbocycles. The van der Waals surface area contributed by atoms with Crippen molar-refractivity contribution in [1.29, 1.82) is 0 Å². The minimum Gasteiger partial charge on any atom is -0.493 e. The second-order valence-electron chi connectivity index (χ2n) is 9.30. The highest BCUT2D eigenvalue weighted by Crippen LogP contribution is 2.35. The van der Waals surface area contributed by atoms with E-state index in [0.29, 0.717) is 41.9 Å². The van der Waals surface area contributed by atoms with Gasteiger partial charge >= 0.3 is 11.6 Å². The number of esters is 1. The van der Waals surface area contributed by atoms with Crippen molar-refractivity contribution in [3.8, 4) is 17.2 Å². The van der Waals surface area contributed by atoms with Crippen molar-refractivity contribution in [3.05, 3.63) is 76.7 Å². The molecule has 6 nitrogen and oxygen atoms in total. The average molecular weight is 521 g/mol. The Balaban J connectivity index is 1.71. The highest BCUT2D eigenvalue weighted by atomic mass is 16.6. The van der Waals surface area contributed by atoms with Crippen LogP contribution >= 0.6 is 0 Å². The van der Waals surface area contributed by atoms with Crippen molar-refractivity contribution in [1.82, 2.24) is 0 Å². The first-order valence-corrected chi connectivity index (χ1v) is 13.9. The topological polar surface area (TPSA) is 75.0 Å². The molecule has 0 saturated heterocycles. The average Bonchev–Trinajstić information content (AvgIpc) is 2.93. The smallest absolute Gasteiger partial charge is 0.383 e. The zero-order valence-electron chi connectivity index (χ0n) is 22.7. The van der Waals surface area contributed by atoms with Gasteiger partial charge in [-0.05, 0) is 43.5 Å². The standard InChI is InChI=1S/C32H40O6/c1-3-5-7-9-10-11-12-17-22-35-26-20-21-27-28(24-26)37-32(34)30(29(27)36-23-16-8-6-4-2)38-31(33)25-18-14-13-15-19-25/h6,8,13-15,18-21,24H,3-5,7,9-12,16-17,22-23H2,1-2H3/b8-6+. The van der Waals surface area contributed by atoms with Crippen molar-refractivity contribution in [2.45, 2.75) is 78.1 Å². The number of rotatable bonds is 17. The van der Waals surface area contributed by atoms with E-state index in [1.807, 2.05) is 18.2 Å². The van der Waals surface area contributed by atoms with E-state index in [9.17, 15) is 9.59 Å². The summed E-state index contributed by atoms with van der Waals surface area (Å²) in [5, 5.41) is 0.541. The Morgan fingerprint density at radius 3 is 2.29 bits per heavy atom. The molecule has 1 heterocycles. The van der Waals surface area contributed by atoms with Crippen molar-refractivity contribution < 1.29 is 23.4 Å². The number of allylic oxidation sites excluding steroid dienone is 1. The van der Waals surface area contributed by atoms with Gasteiger partial charge in [0.1, 0.15) is 11.3 Å². The number of carbonyl (C=O) groups is 1. The molecule has 0 amide bonds.